The molecule has 4 nitrogen and oxygen atoms in total. The molecule has 6 heteroatoms. The number of hydrogen-bond acceptors (Lipinski definition) is 3. The molecule has 2 N–H and O–H groups in total. The zero-order chi connectivity index (χ0) is 14.0. The monoisotopic (exact) mass is 374 g/mol. The van der Waals surface area contributed by atoms with Gasteiger partial charge in [-0.1, -0.05) is 28.1 Å². The van der Waals surface area contributed by atoms with Gasteiger partial charge >= 0.3 is 0 Å². The molecule has 1 aromatic carbocycles. The molecule has 21 heavy (non-hydrogen) atoms. The Morgan fingerprint density at radius 2 is 2.29 bits per heavy atom. The Balaban J connectivity index is 0.00000161. The van der Waals surface area contributed by atoms with Crippen molar-refractivity contribution in [3.05, 3.63) is 34.3 Å². The summed E-state index contributed by atoms with van der Waals surface area (Å²) in [6.07, 6.45) is 2.27. The summed E-state index contributed by atoms with van der Waals surface area (Å²) in [5.74, 6) is 0.0472. The van der Waals surface area contributed by atoms with Crippen LogP contribution in [0, 0.1) is 0 Å². The highest BCUT2D eigenvalue weighted by Gasteiger charge is 2.44. The third-order valence-electron chi connectivity index (χ3n) is 4.13. The highest BCUT2D eigenvalue weighted by Crippen LogP contribution is 2.48. The van der Waals surface area contributed by atoms with Crippen molar-refractivity contribution in [1.29, 1.82) is 0 Å². The third kappa shape index (κ3) is 3.97. The molecule has 1 amide bonds. The van der Waals surface area contributed by atoms with Gasteiger partial charge < -0.3 is 15.4 Å². The molecule has 1 atom stereocenters. The summed E-state index contributed by atoms with van der Waals surface area (Å²) in [4.78, 5) is 12.1. The average Bonchev–Trinajstić information content (AvgIpc) is 3.27. The van der Waals surface area contributed by atoms with Crippen LogP contribution in [0.3, 0.4) is 0 Å². The van der Waals surface area contributed by atoms with Gasteiger partial charge in [-0.15, -0.1) is 12.4 Å². The van der Waals surface area contributed by atoms with E-state index in [9.17, 15) is 4.79 Å². The number of amides is 1. The van der Waals surface area contributed by atoms with E-state index in [0.717, 1.165) is 23.9 Å². The van der Waals surface area contributed by atoms with Gasteiger partial charge in [0, 0.05) is 23.0 Å². The molecule has 0 bridgehead atoms. The van der Waals surface area contributed by atoms with Crippen molar-refractivity contribution in [2.24, 2.45) is 0 Å². The number of rotatable bonds is 4. The fraction of sp³-hybridized carbons (Fsp3) is 0.533. The van der Waals surface area contributed by atoms with Crippen molar-refractivity contribution in [1.82, 2.24) is 10.6 Å². The summed E-state index contributed by atoms with van der Waals surface area (Å²) in [6, 6.07) is 8.17. The summed E-state index contributed by atoms with van der Waals surface area (Å²) >= 11 is 3.51. The average molecular weight is 376 g/mol. The Morgan fingerprint density at radius 1 is 1.48 bits per heavy atom. The number of benzene rings is 1. The predicted molar refractivity (Wildman–Crippen MR) is 87.9 cm³/mol. The first-order valence-electron chi connectivity index (χ1n) is 7.05. The van der Waals surface area contributed by atoms with Crippen molar-refractivity contribution in [3.8, 4) is 0 Å². The number of nitrogens with one attached hydrogen (secondary N) is 2. The number of halogens is 2. The molecule has 2 aliphatic rings. The van der Waals surface area contributed by atoms with E-state index in [1.165, 1.54) is 5.56 Å². The van der Waals surface area contributed by atoms with Crippen LogP contribution < -0.4 is 10.6 Å². The van der Waals surface area contributed by atoms with E-state index in [-0.39, 0.29) is 29.8 Å². The fourth-order valence-corrected chi connectivity index (χ4v) is 3.05. The van der Waals surface area contributed by atoms with Crippen LogP contribution in [0.5, 0.6) is 0 Å². The van der Waals surface area contributed by atoms with E-state index in [2.05, 4.69) is 44.8 Å². The molecule has 3 rings (SSSR count). The highest BCUT2D eigenvalue weighted by atomic mass is 79.9. The SMILES string of the molecule is Cl.O=C(NCC1(c2cccc(Br)c2)CC1)C1COCCN1. The van der Waals surface area contributed by atoms with E-state index in [1.54, 1.807) is 0 Å². The quantitative estimate of drug-likeness (QED) is 0.846. The number of ether oxygens (including phenoxy) is 1. The number of hydrogen-bond donors (Lipinski definition) is 2. The summed E-state index contributed by atoms with van der Waals surface area (Å²) in [7, 11) is 0. The van der Waals surface area contributed by atoms with Gasteiger partial charge in [-0.2, -0.15) is 0 Å². The van der Waals surface area contributed by atoms with E-state index < -0.39 is 0 Å². The first kappa shape index (κ1) is 16.7. The lowest BCUT2D eigenvalue weighted by Crippen LogP contribution is -2.52. The van der Waals surface area contributed by atoms with Crippen LogP contribution in [-0.2, 0) is 14.9 Å². The van der Waals surface area contributed by atoms with E-state index in [0.29, 0.717) is 19.8 Å². The van der Waals surface area contributed by atoms with Gasteiger partial charge in [0.15, 0.2) is 0 Å². The molecule has 0 spiro atoms. The summed E-state index contributed by atoms with van der Waals surface area (Å²) in [6.45, 7) is 2.61. The minimum absolute atomic E-state index is 0. The Bertz CT molecular complexity index is 502. The largest absolute Gasteiger partial charge is 0.378 e. The van der Waals surface area contributed by atoms with E-state index >= 15 is 0 Å². The fourth-order valence-electron chi connectivity index (χ4n) is 2.65. The van der Waals surface area contributed by atoms with Crippen molar-refractivity contribution in [3.63, 3.8) is 0 Å². The Labute approximate surface area is 139 Å². The number of morpholine rings is 1. The standard InChI is InChI=1S/C15H19BrN2O2.ClH/c16-12-3-1-2-11(8-12)15(4-5-15)10-18-14(19)13-9-20-7-6-17-13;/h1-3,8,13,17H,4-7,9-10H2,(H,18,19);1H. The van der Waals surface area contributed by atoms with Gasteiger partial charge in [0.25, 0.3) is 0 Å². The molecule has 116 valence electrons. The smallest absolute Gasteiger partial charge is 0.239 e. The maximum absolute atomic E-state index is 12.1. The molecule has 1 aliphatic carbocycles. The van der Waals surface area contributed by atoms with Gasteiger partial charge in [0.2, 0.25) is 5.91 Å². The van der Waals surface area contributed by atoms with Crippen LogP contribution in [0.2, 0.25) is 0 Å². The Kier molecular flexibility index (Phi) is 5.66. The van der Waals surface area contributed by atoms with Crippen molar-refractivity contribution >= 4 is 34.2 Å². The lowest BCUT2D eigenvalue weighted by Gasteiger charge is -2.24. The third-order valence-corrected chi connectivity index (χ3v) is 4.62. The summed E-state index contributed by atoms with van der Waals surface area (Å²) in [5, 5.41) is 6.26. The minimum atomic E-state index is -0.206. The van der Waals surface area contributed by atoms with Crippen LogP contribution >= 0.6 is 28.3 Å². The van der Waals surface area contributed by atoms with Crippen molar-refractivity contribution in [2.75, 3.05) is 26.3 Å². The molecule has 1 aliphatic heterocycles. The zero-order valence-corrected chi connectivity index (χ0v) is 14.1. The van der Waals surface area contributed by atoms with E-state index in [4.69, 9.17) is 4.74 Å². The minimum Gasteiger partial charge on any atom is -0.378 e. The summed E-state index contributed by atoms with van der Waals surface area (Å²) < 4.78 is 6.41. The van der Waals surface area contributed by atoms with Gasteiger partial charge in [0.05, 0.1) is 13.2 Å². The molecule has 0 radical (unpaired) electrons. The van der Waals surface area contributed by atoms with E-state index in [1.807, 2.05) is 6.07 Å². The van der Waals surface area contributed by atoms with Gasteiger partial charge in [-0.05, 0) is 30.5 Å². The van der Waals surface area contributed by atoms with Crippen molar-refractivity contribution < 1.29 is 9.53 Å². The molecule has 0 aromatic heterocycles. The maximum Gasteiger partial charge on any atom is 0.239 e. The first-order chi connectivity index (χ1) is 9.70. The molecule has 1 heterocycles. The maximum atomic E-state index is 12.1. The molecular weight excluding hydrogens is 356 g/mol. The Morgan fingerprint density at radius 3 is 2.90 bits per heavy atom. The first-order valence-corrected chi connectivity index (χ1v) is 7.84. The molecule has 1 unspecified atom stereocenters. The summed E-state index contributed by atoms with van der Waals surface area (Å²) in [5.41, 5.74) is 1.44. The second-order valence-electron chi connectivity index (χ2n) is 5.59. The van der Waals surface area contributed by atoms with Crippen LogP contribution in [0.1, 0.15) is 18.4 Å². The lowest BCUT2D eigenvalue weighted by atomic mass is 9.96. The molecule has 1 saturated carbocycles. The zero-order valence-electron chi connectivity index (χ0n) is 11.7. The number of carbonyl (C=O) groups excluding carboxylic acids is 1. The van der Waals surface area contributed by atoms with Gasteiger partial charge in [0.1, 0.15) is 6.04 Å². The topological polar surface area (TPSA) is 50.4 Å². The second-order valence-corrected chi connectivity index (χ2v) is 6.51. The van der Waals surface area contributed by atoms with Gasteiger partial charge in [-0.25, -0.2) is 0 Å². The Hall–Kier alpha value is -0.620. The van der Waals surface area contributed by atoms with Crippen molar-refractivity contribution in [2.45, 2.75) is 24.3 Å². The lowest BCUT2D eigenvalue weighted by molar-refractivity contribution is -0.126. The molecular formula is C15H20BrClN2O2. The van der Waals surface area contributed by atoms with Crippen LogP contribution in [0.4, 0.5) is 0 Å². The normalized spacial score (nSPS) is 23.0. The molecule has 1 saturated heterocycles. The van der Waals surface area contributed by atoms with Crippen LogP contribution in [0.25, 0.3) is 0 Å². The van der Waals surface area contributed by atoms with Crippen LogP contribution in [-0.4, -0.2) is 38.3 Å². The molecule has 2 fully saturated rings. The highest BCUT2D eigenvalue weighted by molar-refractivity contribution is 9.10. The predicted octanol–water partition coefficient (Wildman–Crippen LogP) is 2.01. The van der Waals surface area contributed by atoms with Gasteiger partial charge in [-0.3, -0.25) is 4.79 Å². The number of carbonyl (C=O) groups is 1. The molecule has 1 aromatic rings. The second kappa shape index (κ2) is 7.09. The van der Waals surface area contributed by atoms with Crippen LogP contribution in [0.15, 0.2) is 28.7 Å².